The number of hydrogen-bond acceptors (Lipinski definition) is 1. The molecule has 2 rings (SSSR count). The summed E-state index contributed by atoms with van der Waals surface area (Å²) in [7, 11) is 0. The van der Waals surface area contributed by atoms with Crippen LogP contribution in [0.3, 0.4) is 0 Å². The lowest BCUT2D eigenvalue weighted by Crippen LogP contribution is -2.26. The van der Waals surface area contributed by atoms with Crippen molar-refractivity contribution in [3.05, 3.63) is 71.3 Å². The number of benzene rings is 2. The number of aryl methyl sites for hydroxylation is 1. The molecule has 0 bridgehead atoms. The Balaban J connectivity index is 2.17. The Morgan fingerprint density at radius 3 is 2.10 bits per heavy atom. The van der Waals surface area contributed by atoms with Gasteiger partial charge in [-0.2, -0.15) is 0 Å². The van der Waals surface area contributed by atoms with E-state index in [-0.39, 0.29) is 0 Å². The van der Waals surface area contributed by atoms with E-state index in [4.69, 9.17) is 0 Å². The Bertz CT molecular complexity index is 545. The number of nitrogens with one attached hydrogen (secondary N) is 1. The summed E-state index contributed by atoms with van der Waals surface area (Å²) in [4.78, 5) is 0. The highest BCUT2D eigenvalue weighted by atomic mass is 14.9. The lowest BCUT2D eigenvalue weighted by molar-refractivity contribution is 0.394. The maximum atomic E-state index is 3.82. The van der Waals surface area contributed by atoms with Gasteiger partial charge in [0.25, 0.3) is 0 Å². The lowest BCUT2D eigenvalue weighted by Gasteiger charge is -2.26. The molecule has 2 atom stereocenters. The largest absolute Gasteiger partial charge is 0.303 e. The van der Waals surface area contributed by atoms with Crippen LogP contribution < -0.4 is 5.32 Å². The second kappa shape index (κ2) is 7.42. The van der Waals surface area contributed by atoms with E-state index in [1.807, 2.05) is 0 Å². The van der Waals surface area contributed by atoms with Crippen molar-refractivity contribution in [1.82, 2.24) is 5.32 Å². The molecule has 1 N–H and O–H groups in total. The summed E-state index contributed by atoms with van der Waals surface area (Å²) in [5, 5.41) is 3.82. The molecule has 0 aliphatic heterocycles. The third kappa shape index (κ3) is 4.44. The highest BCUT2D eigenvalue weighted by Gasteiger charge is 2.17. The van der Waals surface area contributed by atoms with Crippen LogP contribution >= 0.6 is 0 Å². The minimum atomic E-state index is 0.357. The maximum Gasteiger partial charge on any atom is 0.0328 e. The zero-order valence-electron chi connectivity index (χ0n) is 13.6. The van der Waals surface area contributed by atoms with E-state index < -0.39 is 0 Å². The molecule has 2 aromatic rings. The summed E-state index contributed by atoms with van der Waals surface area (Å²) in [6, 6.07) is 20.2. The van der Waals surface area contributed by atoms with Crippen LogP contribution in [0.15, 0.2) is 54.6 Å². The van der Waals surface area contributed by atoms with Gasteiger partial charge in [-0.05, 0) is 42.9 Å². The summed E-state index contributed by atoms with van der Waals surface area (Å²) in [5.74, 6) is 0.673. The number of hydrogen-bond donors (Lipinski definition) is 1. The van der Waals surface area contributed by atoms with Crippen molar-refractivity contribution in [1.29, 1.82) is 0 Å². The monoisotopic (exact) mass is 281 g/mol. The summed E-state index contributed by atoms with van der Waals surface area (Å²) in [6.45, 7) is 9.03. The van der Waals surface area contributed by atoms with Crippen molar-refractivity contribution in [3.8, 4) is 0 Å². The molecule has 21 heavy (non-hydrogen) atoms. The van der Waals surface area contributed by atoms with Crippen LogP contribution in [0, 0.1) is 12.8 Å². The molecular weight excluding hydrogens is 254 g/mol. The first-order chi connectivity index (χ1) is 10.1. The molecule has 0 heterocycles. The van der Waals surface area contributed by atoms with Crippen LogP contribution in [-0.4, -0.2) is 0 Å². The van der Waals surface area contributed by atoms with Gasteiger partial charge in [-0.1, -0.05) is 68.4 Å². The summed E-state index contributed by atoms with van der Waals surface area (Å²) in [6.07, 6.45) is 1.15. The van der Waals surface area contributed by atoms with Crippen LogP contribution in [-0.2, 0) is 0 Å². The first-order valence-electron chi connectivity index (χ1n) is 7.94. The zero-order chi connectivity index (χ0) is 15.2. The topological polar surface area (TPSA) is 12.0 Å². The molecule has 1 unspecified atom stereocenters. The van der Waals surface area contributed by atoms with Gasteiger partial charge in [-0.15, -0.1) is 0 Å². The van der Waals surface area contributed by atoms with Crippen molar-refractivity contribution in [2.45, 2.75) is 46.2 Å². The Kier molecular flexibility index (Phi) is 5.58. The van der Waals surface area contributed by atoms with E-state index >= 15 is 0 Å². The Labute approximate surface area is 129 Å². The van der Waals surface area contributed by atoms with Gasteiger partial charge in [0, 0.05) is 12.1 Å². The Morgan fingerprint density at radius 2 is 1.48 bits per heavy atom. The van der Waals surface area contributed by atoms with Gasteiger partial charge in [0.15, 0.2) is 0 Å². The number of rotatable bonds is 6. The van der Waals surface area contributed by atoms with Gasteiger partial charge in [-0.3, -0.25) is 0 Å². The molecule has 0 radical (unpaired) electrons. The molecule has 0 aliphatic carbocycles. The maximum absolute atomic E-state index is 3.82. The van der Waals surface area contributed by atoms with Crippen LogP contribution in [0.25, 0.3) is 0 Å². The fourth-order valence-electron chi connectivity index (χ4n) is 2.92. The van der Waals surface area contributed by atoms with E-state index in [9.17, 15) is 0 Å². The smallest absolute Gasteiger partial charge is 0.0328 e. The summed E-state index contributed by atoms with van der Waals surface area (Å²) in [5.41, 5.74) is 4.13. The average molecular weight is 281 g/mol. The second-order valence-corrected chi connectivity index (χ2v) is 6.34. The highest BCUT2D eigenvalue weighted by Crippen LogP contribution is 2.26. The quantitative estimate of drug-likeness (QED) is 0.744. The molecule has 0 saturated heterocycles. The van der Waals surface area contributed by atoms with Gasteiger partial charge in [0.2, 0.25) is 0 Å². The third-order valence-electron chi connectivity index (χ3n) is 4.02. The Hall–Kier alpha value is -1.60. The van der Waals surface area contributed by atoms with Gasteiger partial charge in [0.1, 0.15) is 0 Å². The van der Waals surface area contributed by atoms with Gasteiger partial charge in [-0.25, -0.2) is 0 Å². The van der Waals surface area contributed by atoms with Crippen LogP contribution in [0.4, 0.5) is 0 Å². The first kappa shape index (κ1) is 15.8. The fourth-order valence-corrected chi connectivity index (χ4v) is 2.92. The molecule has 0 amide bonds. The van der Waals surface area contributed by atoms with Crippen molar-refractivity contribution >= 4 is 0 Å². The highest BCUT2D eigenvalue weighted by molar-refractivity contribution is 5.29. The first-order valence-corrected chi connectivity index (χ1v) is 7.94. The van der Waals surface area contributed by atoms with Crippen LogP contribution in [0.2, 0.25) is 0 Å². The summed E-state index contributed by atoms with van der Waals surface area (Å²) >= 11 is 0. The molecule has 0 saturated carbocycles. The molecule has 0 spiro atoms. The SMILES string of the molecule is Cc1ccccc1[C@H](C)NC(CC(C)C)c1ccccc1. The van der Waals surface area contributed by atoms with Crippen molar-refractivity contribution in [3.63, 3.8) is 0 Å². The molecule has 1 heteroatoms. The van der Waals surface area contributed by atoms with Crippen molar-refractivity contribution in [2.75, 3.05) is 0 Å². The molecule has 2 aromatic carbocycles. The molecule has 0 fully saturated rings. The lowest BCUT2D eigenvalue weighted by atomic mass is 9.94. The predicted molar refractivity (Wildman–Crippen MR) is 91.4 cm³/mol. The molecule has 1 nitrogen and oxygen atoms in total. The molecule has 0 aromatic heterocycles. The van der Waals surface area contributed by atoms with E-state index in [2.05, 4.69) is 87.6 Å². The van der Waals surface area contributed by atoms with E-state index in [0.717, 1.165) is 6.42 Å². The minimum absolute atomic E-state index is 0.357. The van der Waals surface area contributed by atoms with Gasteiger partial charge >= 0.3 is 0 Å². The predicted octanol–water partition coefficient (Wildman–Crippen LogP) is 5.43. The van der Waals surface area contributed by atoms with Crippen molar-refractivity contribution < 1.29 is 0 Å². The van der Waals surface area contributed by atoms with E-state index in [1.165, 1.54) is 16.7 Å². The summed E-state index contributed by atoms with van der Waals surface area (Å²) < 4.78 is 0. The van der Waals surface area contributed by atoms with Gasteiger partial charge in [0.05, 0.1) is 0 Å². The molecule has 112 valence electrons. The van der Waals surface area contributed by atoms with Gasteiger partial charge < -0.3 is 5.32 Å². The van der Waals surface area contributed by atoms with E-state index in [0.29, 0.717) is 18.0 Å². The molecular formula is C20H27N. The van der Waals surface area contributed by atoms with E-state index in [1.54, 1.807) is 0 Å². The standard InChI is InChI=1S/C20H27N/c1-15(2)14-20(18-11-6-5-7-12-18)21-17(4)19-13-9-8-10-16(19)3/h5-13,15,17,20-21H,14H2,1-4H3/t17-,20?/m0/s1. The molecule has 0 aliphatic rings. The van der Waals surface area contributed by atoms with Crippen LogP contribution in [0.5, 0.6) is 0 Å². The fraction of sp³-hybridized carbons (Fsp3) is 0.400. The third-order valence-corrected chi connectivity index (χ3v) is 4.02. The normalized spacial score (nSPS) is 14.1. The van der Waals surface area contributed by atoms with Crippen molar-refractivity contribution in [2.24, 2.45) is 5.92 Å². The average Bonchev–Trinajstić information content (AvgIpc) is 2.47. The Morgan fingerprint density at radius 1 is 0.857 bits per heavy atom. The van der Waals surface area contributed by atoms with Crippen LogP contribution in [0.1, 0.15) is 56.0 Å². The minimum Gasteiger partial charge on any atom is -0.303 e. The zero-order valence-corrected chi connectivity index (χ0v) is 13.6. The second-order valence-electron chi connectivity index (χ2n) is 6.34.